The van der Waals surface area contributed by atoms with Crippen LogP contribution in [0.25, 0.3) is 0 Å². The minimum atomic E-state index is -2.85. The number of hydrogen-bond donors (Lipinski definition) is 0. The second kappa shape index (κ2) is 11.2. The first-order chi connectivity index (χ1) is 16.5. The number of alkyl halides is 2. The van der Waals surface area contributed by atoms with E-state index in [0.717, 1.165) is 41.8 Å². The van der Waals surface area contributed by atoms with E-state index < -0.39 is 18.4 Å². The van der Waals surface area contributed by atoms with Gasteiger partial charge in [-0.15, -0.1) is 0 Å². The Balaban J connectivity index is 1.32. The highest BCUT2D eigenvalue weighted by Crippen LogP contribution is 2.39. The topological polar surface area (TPSA) is 42.0 Å². The van der Waals surface area contributed by atoms with Crippen molar-refractivity contribution in [3.63, 3.8) is 0 Å². The molecule has 7 heteroatoms. The molecule has 2 aromatic carbocycles. The molecular weight excluding hydrogens is 438 g/mol. The fourth-order valence-electron chi connectivity index (χ4n) is 4.82. The molecule has 0 spiro atoms. The number of rotatable bonds is 9. The summed E-state index contributed by atoms with van der Waals surface area (Å²) in [6.45, 7) is 3.85. The summed E-state index contributed by atoms with van der Waals surface area (Å²) in [5, 5.41) is 0. The van der Waals surface area contributed by atoms with Crippen molar-refractivity contribution in [2.75, 3.05) is 42.6 Å². The average molecular weight is 473 g/mol. The van der Waals surface area contributed by atoms with Gasteiger partial charge in [-0.25, -0.2) is 13.6 Å². The van der Waals surface area contributed by atoms with E-state index in [1.165, 1.54) is 0 Å². The molecule has 0 unspecified atom stereocenters. The number of hydrogen-bond acceptors (Lipinski definition) is 4. The maximum Gasteiger partial charge on any atom is 0.414 e. The molecule has 0 atom stereocenters. The molecule has 0 N–H and O–H groups in total. The number of nitrogens with zero attached hydrogens (tertiary/aromatic N) is 2. The van der Waals surface area contributed by atoms with E-state index in [0.29, 0.717) is 39.1 Å². The van der Waals surface area contributed by atoms with Gasteiger partial charge in [0, 0.05) is 36.8 Å². The monoisotopic (exact) mass is 472 g/mol. The number of unbranched alkanes of at least 4 members (excludes halogenated alkanes) is 1. The van der Waals surface area contributed by atoms with Crippen molar-refractivity contribution in [2.45, 2.75) is 51.6 Å². The maximum atomic E-state index is 14.8. The average Bonchev–Trinajstić information content (AvgIpc) is 3.29. The smallest absolute Gasteiger partial charge is 0.414 e. The van der Waals surface area contributed by atoms with E-state index >= 15 is 0 Å². The van der Waals surface area contributed by atoms with Crippen LogP contribution in [0.5, 0.6) is 0 Å². The number of benzene rings is 2. The lowest BCUT2D eigenvalue weighted by atomic mass is 9.90. The fraction of sp³-hybridized carbons (Fsp3) is 0.519. The van der Waals surface area contributed by atoms with E-state index in [4.69, 9.17) is 9.47 Å². The molecule has 0 aliphatic carbocycles. The largest absolute Gasteiger partial charge is 0.449 e. The Morgan fingerprint density at radius 1 is 1.03 bits per heavy atom. The van der Waals surface area contributed by atoms with Crippen molar-refractivity contribution >= 4 is 17.5 Å². The lowest BCUT2D eigenvalue weighted by Crippen LogP contribution is -2.43. The van der Waals surface area contributed by atoms with Crippen molar-refractivity contribution in [2.24, 2.45) is 5.92 Å². The van der Waals surface area contributed by atoms with Gasteiger partial charge in [-0.05, 0) is 43.4 Å². The van der Waals surface area contributed by atoms with Crippen LogP contribution in [-0.4, -0.2) is 44.9 Å². The molecule has 5 nitrogen and oxygen atoms in total. The predicted octanol–water partition coefficient (Wildman–Crippen LogP) is 6.05. The Kier molecular flexibility index (Phi) is 8.03. The molecule has 2 aliphatic heterocycles. The molecule has 4 rings (SSSR count). The number of fused-ring (bicyclic) bond motifs is 1. The number of piperidine rings is 1. The van der Waals surface area contributed by atoms with Crippen molar-refractivity contribution in [1.82, 2.24) is 0 Å². The maximum absolute atomic E-state index is 14.8. The number of carbonyl (C=O) groups excluding carboxylic acids is 1. The zero-order valence-corrected chi connectivity index (χ0v) is 19.8. The standard InChI is InChI=1S/C27H34F2N2O3/c1-2-3-18-34-26(32)31-17-14-23-24(10-7-11-25(23)31)30-15-12-22(13-16-30)27(28,29)20-33-19-21-8-5-4-6-9-21/h4-11,22H,2-3,12-20H2,1H3. The van der Waals surface area contributed by atoms with Crippen LogP contribution in [0.3, 0.4) is 0 Å². The summed E-state index contributed by atoms with van der Waals surface area (Å²) in [4.78, 5) is 16.4. The second-order valence-corrected chi connectivity index (χ2v) is 9.15. The van der Waals surface area contributed by atoms with Crippen LogP contribution < -0.4 is 9.80 Å². The quantitative estimate of drug-likeness (QED) is 0.417. The number of carbonyl (C=O) groups is 1. The Bertz CT molecular complexity index is 946. The molecule has 1 saturated heterocycles. The van der Waals surface area contributed by atoms with Crippen LogP contribution in [0, 0.1) is 5.92 Å². The summed E-state index contributed by atoms with van der Waals surface area (Å²) in [6, 6.07) is 15.3. The van der Waals surface area contributed by atoms with E-state index in [1.807, 2.05) is 48.5 Å². The third kappa shape index (κ3) is 5.69. The summed E-state index contributed by atoms with van der Waals surface area (Å²) < 4.78 is 40.4. The van der Waals surface area contributed by atoms with E-state index in [1.54, 1.807) is 4.90 Å². The zero-order valence-electron chi connectivity index (χ0n) is 19.8. The van der Waals surface area contributed by atoms with Crippen LogP contribution in [0.2, 0.25) is 0 Å². The van der Waals surface area contributed by atoms with Crippen LogP contribution in [-0.2, 0) is 22.5 Å². The third-order valence-corrected chi connectivity index (χ3v) is 6.79. The van der Waals surface area contributed by atoms with Gasteiger partial charge in [-0.1, -0.05) is 49.7 Å². The third-order valence-electron chi connectivity index (χ3n) is 6.79. The van der Waals surface area contributed by atoms with Crippen LogP contribution >= 0.6 is 0 Å². The van der Waals surface area contributed by atoms with Gasteiger partial charge < -0.3 is 14.4 Å². The van der Waals surface area contributed by atoms with Crippen molar-refractivity contribution in [1.29, 1.82) is 0 Å². The lowest BCUT2D eigenvalue weighted by molar-refractivity contribution is -0.126. The van der Waals surface area contributed by atoms with Gasteiger partial charge in [-0.3, -0.25) is 4.90 Å². The van der Waals surface area contributed by atoms with Gasteiger partial charge in [0.2, 0.25) is 0 Å². The first kappa shape index (κ1) is 24.5. The highest BCUT2D eigenvalue weighted by Gasteiger charge is 2.42. The van der Waals surface area contributed by atoms with Gasteiger partial charge in [-0.2, -0.15) is 0 Å². The van der Waals surface area contributed by atoms with Gasteiger partial charge >= 0.3 is 6.09 Å². The van der Waals surface area contributed by atoms with Crippen LogP contribution in [0.1, 0.15) is 43.7 Å². The Labute approximate surface area is 200 Å². The highest BCUT2D eigenvalue weighted by molar-refractivity contribution is 5.92. The summed E-state index contributed by atoms with van der Waals surface area (Å²) >= 11 is 0. The molecule has 184 valence electrons. The van der Waals surface area contributed by atoms with Crippen LogP contribution in [0.4, 0.5) is 25.0 Å². The molecule has 34 heavy (non-hydrogen) atoms. The number of halogens is 2. The normalized spacial score (nSPS) is 16.6. The molecule has 2 aliphatic rings. The number of anilines is 2. The van der Waals surface area contributed by atoms with Gasteiger partial charge in [0.1, 0.15) is 6.61 Å². The van der Waals surface area contributed by atoms with E-state index in [9.17, 15) is 13.6 Å². The molecular formula is C27H34F2N2O3. The Morgan fingerprint density at radius 2 is 1.76 bits per heavy atom. The minimum Gasteiger partial charge on any atom is -0.449 e. The van der Waals surface area contributed by atoms with Crippen molar-refractivity contribution in [3.05, 3.63) is 59.7 Å². The summed E-state index contributed by atoms with van der Waals surface area (Å²) in [5.41, 5.74) is 3.92. The zero-order chi connectivity index (χ0) is 24.0. The molecule has 0 aromatic heterocycles. The minimum absolute atomic E-state index is 0.197. The molecule has 1 amide bonds. The second-order valence-electron chi connectivity index (χ2n) is 9.15. The van der Waals surface area contributed by atoms with Crippen molar-refractivity contribution in [3.8, 4) is 0 Å². The SMILES string of the molecule is CCCCOC(=O)N1CCc2c(N3CCC(C(F)(F)COCc4ccccc4)CC3)cccc21. The van der Waals surface area contributed by atoms with Gasteiger partial charge in [0.05, 0.1) is 18.9 Å². The van der Waals surface area contributed by atoms with Crippen molar-refractivity contribution < 1.29 is 23.0 Å². The molecule has 0 bridgehead atoms. The summed E-state index contributed by atoms with van der Waals surface area (Å²) in [5.74, 6) is -3.54. The lowest BCUT2D eigenvalue weighted by Gasteiger charge is -2.37. The first-order valence-corrected chi connectivity index (χ1v) is 12.3. The van der Waals surface area contributed by atoms with E-state index in [-0.39, 0.29) is 12.7 Å². The predicted molar refractivity (Wildman–Crippen MR) is 130 cm³/mol. The molecule has 0 saturated carbocycles. The molecule has 0 radical (unpaired) electrons. The van der Waals surface area contributed by atoms with E-state index in [2.05, 4.69) is 11.8 Å². The molecule has 2 heterocycles. The fourth-order valence-corrected chi connectivity index (χ4v) is 4.82. The van der Waals surface area contributed by atoms with Crippen LogP contribution in [0.15, 0.2) is 48.5 Å². The first-order valence-electron chi connectivity index (χ1n) is 12.3. The highest BCUT2D eigenvalue weighted by atomic mass is 19.3. The summed E-state index contributed by atoms with van der Waals surface area (Å²) in [6.07, 6.45) is 3.09. The number of ether oxygens (including phenoxy) is 2. The Morgan fingerprint density at radius 3 is 2.50 bits per heavy atom. The molecule has 2 aromatic rings. The Hall–Kier alpha value is -2.67. The molecule has 1 fully saturated rings. The summed E-state index contributed by atoms with van der Waals surface area (Å²) in [7, 11) is 0. The van der Waals surface area contributed by atoms with Gasteiger partial charge in [0.25, 0.3) is 5.92 Å². The van der Waals surface area contributed by atoms with Gasteiger partial charge in [0.15, 0.2) is 0 Å². The number of amides is 1.